The van der Waals surface area contributed by atoms with Crippen molar-refractivity contribution in [2.24, 2.45) is 0 Å². The molecule has 10 rings (SSSR count). The van der Waals surface area contributed by atoms with Crippen LogP contribution >= 0.6 is 57.4 Å². The van der Waals surface area contributed by atoms with Crippen molar-refractivity contribution in [3.63, 3.8) is 0 Å². The molecule has 3 N–H and O–H groups in total. The SMILES string of the molecule is COC(=O)c1cc(Oc2ncccc2C(F)(F)F)ccc1I.COC(=O)c1cc(Oc2ncccc2C(F)(F)F)ccc1Nc1ccccc1Cl.Nc1ccccc1Cl.O=c1ncn(-c2ccccc2Cl)c2ccc(Oc3ncccc3C(F)(F)F)cc12. The predicted molar refractivity (Wildman–Crippen MR) is 319 cm³/mol. The first-order valence-corrected chi connectivity index (χ1v) is 27.0. The number of methoxy groups -OCH3 is 2. The summed E-state index contributed by atoms with van der Waals surface area (Å²) in [5.41, 5.74) is 4.64. The summed E-state index contributed by atoms with van der Waals surface area (Å²) in [6, 6.07) is 39.9. The van der Waals surface area contributed by atoms with Gasteiger partial charge in [-0.25, -0.2) is 24.5 Å². The molecule has 0 atom stereocenters. The third-order valence-corrected chi connectivity index (χ3v) is 13.5. The molecule has 0 amide bonds. The van der Waals surface area contributed by atoms with E-state index in [4.69, 9.17) is 59.5 Å². The van der Waals surface area contributed by atoms with Gasteiger partial charge in [0.25, 0.3) is 5.56 Å². The van der Waals surface area contributed by atoms with E-state index in [-0.39, 0.29) is 33.8 Å². The maximum atomic E-state index is 13.2. The molecule has 0 bridgehead atoms. The van der Waals surface area contributed by atoms with Crippen LogP contribution in [0.15, 0.2) is 194 Å². The van der Waals surface area contributed by atoms with E-state index in [0.717, 1.165) is 24.3 Å². The van der Waals surface area contributed by atoms with Crippen LogP contribution in [0.1, 0.15) is 37.4 Å². The highest BCUT2D eigenvalue weighted by Gasteiger charge is 2.37. The van der Waals surface area contributed by atoms with E-state index in [1.54, 1.807) is 77.4 Å². The van der Waals surface area contributed by atoms with Gasteiger partial charge in [-0.15, -0.1) is 0 Å². The number of esters is 2. The smallest absolute Gasteiger partial charge is 0.421 e. The van der Waals surface area contributed by atoms with Gasteiger partial charge in [0.2, 0.25) is 17.6 Å². The van der Waals surface area contributed by atoms with Gasteiger partial charge in [0, 0.05) is 22.2 Å². The number of fused-ring (bicyclic) bond motifs is 1. The number of hydrogen-bond donors (Lipinski definition) is 2. The van der Waals surface area contributed by atoms with E-state index < -0.39 is 70.4 Å². The summed E-state index contributed by atoms with van der Waals surface area (Å²) in [5.74, 6) is -3.04. The second-order valence-corrected chi connectivity index (χ2v) is 19.8. The minimum absolute atomic E-state index is 0.0145. The van der Waals surface area contributed by atoms with E-state index in [1.165, 1.54) is 93.7 Å². The highest BCUT2D eigenvalue weighted by Crippen LogP contribution is 2.41. The summed E-state index contributed by atoms with van der Waals surface area (Å²) in [6.07, 6.45) is -8.95. The molecule has 15 nitrogen and oxygen atoms in total. The van der Waals surface area contributed by atoms with Crippen LogP contribution in [-0.4, -0.2) is 50.7 Å². The van der Waals surface area contributed by atoms with Gasteiger partial charge in [-0.05, 0) is 150 Å². The lowest BCUT2D eigenvalue weighted by Gasteiger charge is -2.15. The fourth-order valence-corrected chi connectivity index (χ4v) is 8.53. The summed E-state index contributed by atoms with van der Waals surface area (Å²) in [6.45, 7) is 0. The highest BCUT2D eigenvalue weighted by atomic mass is 127. The number of anilines is 3. The lowest BCUT2D eigenvalue weighted by Crippen LogP contribution is -2.12. The molecule has 0 aliphatic rings. The van der Waals surface area contributed by atoms with Crippen molar-refractivity contribution >= 4 is 97.3 Å². The Morgan fingerprint density at radius 2 is 0.955 bits per heavy atom. The molecule has 88 heavy (non-hydrogen) atoms. The Bertz CT molecular complexity index is 4160. The van der Waals surface area contributed by atoms with Gasteiger partial charge in [0.1, 0.15) is 40.3 Å². The maximum Gasteiger partial charge on any atom is 0.421 e. The molecule has 6 aromatic carbocycles. The van der Waals surface area contributed by atoms with E-state index in [1.807, 2.05) is 34.7 Å². The van der Waals surface area contributed by atoms with Gasteiger partial charge < -0.3 is 34.7 Å². The van der Waals surface area contributed by atoms with Crippen molar-refractivity contribution in [2.45, 2.75) is 18.5 Å². The van der Waals surface area contributed by atoms with Crippen LogP contribution in [0.4, 0.5) is 56.6 Å². The molecule has 10 aromatic rings. The van der Waals surface area contributed by atoms with Crippen molar-refractivity contribution in [2.75, 3.05) is 25.3 Å². The molecule has 4 aromatic heterocycles. The Hall–Kier alpha value is -9.18. The van der Waals surface area contributed by atoms with Crippen molar-refractivity contribution in [1.82, 2.24) is 24.5 Å². The van der Waals surface area contributed by atoms with E-state index >= 15 is 0 Å². The molecule has 28 heteroatoms. The Labute approximate surface area is 521 Å². The number of nitrogens with two attached hydrogens (primary N) is 1. The largest absolute Gasteiger partial charge is 0.465 e. The fraction of sp³-hybridized carbons (Fsp3) is 0.0833. The maximum absolute atomic E-state index is 13.2. The summed E-state index contributed by atoms with van der Waals surface area (Å²) >= 11 is 19.8. The van der Waals surface area contributed by atoms with Gasteiger partial charge in [-0.1, -0.05) is 71.2 Å². The lowest BCUT2D eigenvalue weighted by molar-refractivity contribution is -0.139. The molecule has 0 saturated carbocycles. The first-order chi connectivity index (χ1) is 41.8. The van der Waals surface area contributed by atoms with E-state index in [2.05, 4.69) is 30.0 Å². The number of nitrogen functional groups attached to an aromatic ring is 1. The normalized spacial score (nSPS) is 11.1. The molecular formula is C60H40Cl3F9IN7O8. The predicted octanol–water partition coefficient (Wildman–Crippen LogP) is 17.5. The first kappa shape index (κ1) is 66.3. The van der Waals surface area contributed by atoms with Crippen molar-refractivity contribution in [3.05, 3.63) is 246 Å². The zero-order valence-corrected chi connectivity index (χ0v) is 49.3. The number of alkyl halides is 9. The number of nitrogens with zero attached hydrogens (tertiary/aromatic N) is 5. The van der Waals surface area contributed by atoms with Gasteiger partial charge in [-0.3, -0.25) is 9.36 Å². The minimum atomic E-state index is -4.64. The number of ether oxygens (including phenoxy) is 5. The second kappa shape index (κ2) is 29.5. The summed E-state index contributed by atoms with van der Waals surface area (Å²) in [7, 11) is 2.40. The van der Waals surface area contributed by atoms with Gasteiger partial charge in [-0.2, -0.15) is 44.5 Å². The Morgan fingerprint density at radius 3 is 1.43 bits per heavy atom. The average molecular weight is 1390 g/mol. The van der Waals surface area contributed by atoms with E-state index in [9.17, 15) is 53.9 Å². The summed E-state index contributed by atoms with van der Waals surface area (Å²) < 4.78 is 145. The van der Waals surface area contributed by atoms with Crippen molar-refractivity contribution in [1.29, 1.82) is 0 Å². The number of carbonyl (C=O) groups excluding carboxylic acids is 2. The Morgan fingerprint density at radius 1 is 0.511 bits per heavy atom. The number of hydrogen-bond acceptors (Lipinski definition) is 14. The van der Waals surface area contributed by atoms with Crippen LogP contribution in [-0.2, 0) is 28.0 Å². The molecule has 0 saturated heterocycles. The topological polar surface area (TPSA) is 192 Å². The van der Waals surface area contributed by atoms with Crippen LogP contribution in [0.5, 0.6) is 34.9 Å². The average Bonchev–Trinajstić information content (AvgIpc) is 1.46. The molecule has 0 unspecified atom stereocenters. The molecule has 0 radical (unpaired) electrons. The molecule has 4 heterocycles. The third-order valence-electron chi connectivity index (χ3n) is 11.5. The molecule has 454 valence electrons. The number of nitrogens with one attached hydrogen (secondary N) is 1. The Kier molecular flexibility index (Phi) is 22.2. The van der Waals surface area contributed by atoms with Crippen LogP contribution in [0.2, 0.25) is 15.1 Å². The number of halogens is 13. The van der Waals surface area contributed by atoms with Crippen LogP contribution in [0.3, 0.4) is 0 Å². The lowest BCUT2D eigenvalue weighted by atomic mass is 10.1. The Balaban J connectivity index is 0.000000178. The van der Waals surface area contributed by atoms with Crippen LogP contribution in [0.25, 0.3) is 16.6 Å². The molecule has 0 aliphatic heterocycles. The van der Waals surface area contributed by atoms with Crippen LogP contribution in [0, 0.1) is 3.57 Å². The summed E-state index contributed by atoms with van der Waals surface area (Å²) in [4.78, 5) is 50.8. The number of benzene rings is 6. The van der Waals surface area contributed by atoms with Gasteiger partial charge in [0.15, 0.2) is 0 Å². The number of rotatable bonds is 11. The quantitative estimate of drug-likeness (QED) is 0.0538. The van der Waals surface area contributed by atoms with Crippen molar-refractivity contribution < 1.29 is 72.8 Å². The van der Waals surface area contributed by atoms with E-state index in [0.29, 0.717) is 46.9 Å². The number of carbonyl (C=O) groups is 2. The first-order valence-electron chi connectivity index (χ1n) is 24.8. The van der Waals surface area contributed by atoms with Crippen LogP contribution < -0.4 is 30.8 Å². The minimum Gasteiger partial charge on any atom is -0.465 e. The standard InChI is InChI=1S/C20H11ClF3N3O2.C20H14ClF3N2O3.C14H9F3INO3.C6H6ClN/c21-15-5-1-2-6-17(15)27-11-26-18(28)13-10-12(7-8-16(13)27)29-19-14(20(22,23)24)4-3-9-25-19;1-28-19(27)13-11-12(29-18-14(20(22,23)24)5-4-10-25-18)8-9-16(13)26-17-7-3-2-6-15(17)21;1-21-13(20)9-7-8(4-5-11(9)18)22-12-10(14(15,16)17)3-2-6-19-12;7-5-3-1-2-4-6(5)8/h1-11H;2-11,26H,1H3;2-7H,1H3;1-4H,8H2. The number of pyridine rings is 3. The monoisotopic (exact) mass is 1390 g/mol. The zero-order valence-electron chi connectivity index (χ0n) is 44.9. The highest BCUT2D eigenvalue weighted by molar-refractivity contribution is 14.1. The van der Waals surface area contributed by atoms with Gasteiger partial charge >= 0.3 is 30.5 Å². The molecule has 0 aliphatic carbocycles. The molecular weight excluding hydrogens is 1350 g/mol. The van der Waals surface area contributed by atoms with Crippen molar-refractivity contribution in [3.8, 4) is 40.6 Å². The number of para-hydroxylation sites is 3. The molecule has 0 spiro atoms. The zero-order chi connectivity index (χ0) is 63.9. The second-order valence-electron chi connectivity index (χ2n) is 17.4. The number of aromatic nitrogens is 5. The fourth-order valence-electron chi connectivity index (χ4n) is 7.43. The van der Waals surface area contributed by atoms with Gasteiger partial charge in [0.05, 0.1) is 74.1 Å². The molecule has 0 fully saturated rings. The summed E-state index contributed by atoms with van der Waals surface area (Å²) in [5, 5.41) is 4.65. The third kappa shape index (κ3) is 17.5.